The highest BCUT2D eigenvalue weighted by molar-refractivity contribution is 6.01. The number of nitrogens with zero attached hydrogens (tertiary/aromatic N) is 2. The van der Waals surface area contributed by atoms with Gasteiger partial charge >= 0.3 is 0 Å². The third-order valence-electron chi connectivity index (χ3n) is 6.76. The fourth-order valence-electron chi connectivity index (χ4n) is 4.88. The average Bonchev–Trinajstić information content (AvgIpc) is 3.47. The van der Waals surface area contributed by atoms with Crippen LogP contribution < -0.4 is 5.32 Å². The van der Waals surface area contributed by atoms with Gasteiger partial charge in [0, 0.05) is 20.2 Å². The molecule has 1 fully saturated rings. The van der Waals surface area contributed by atoms with Crippen molar-refractivity contribution in [2.75, 3.05) is 20.3 Å². The van der Waals surface area contributed by atoms with Crippen molar-refractivity contribution in [3.8, 4) is 0 Å². The first-order valence-electron chi connectivity index (χ1n) is 11.5. The lowest BCUT2D eigenvalue weighted by Crippen LogP contribution is -2.43. The van der Waals surface area contributed by atoms with E-state index in [-0.39, 0.29) is 30.0 Å². The summed E-state index contributed by atoms with van der Waals surface area (Å²) in [5.74, 6) is -0.203. The van der Waals surface area contributed by atoms with Crippen molar-refractivity contribution in [2.24, 2.45) is 0 Å². The summed E-state index contributed by atoms with van der Waals surface area (Å²) in [4.78, 5) is 28.8. The minimum Gasteiger partial charge on any atom is -0.380 e. The van der Waals surface area contributed by atoms with E-state index < -0.39 is 0 Å². The van der Waals surface area contributed by atoms with E-state index in [1.807, 2.05) is 46.7 Å². The van der Waals surface area contributed by atoms with Crippen molar-refractivity contribution >= 4 is 11.8 Å². The second kappa shape index (κ2) is 9.88. The summed E-state index contributed by atoms with van der Waals surface area (Å²) in [6.45, 7) is 6.19. The predicted molar refractivity (Wildman–Crippen MR) is 122 cm³/mol. The van der Waals surface area contributed by atoms with Gasteiger partial charge in [0.25, 0.3) is 11.8 Å². The molecule has 2 amide bonds. The van der Waals surface area contributed by atoms with Crippen LogP contribution in [0.15, 0.2) is 36.4 Å². The molecule has 32 heavy (non-hydrogen) atoms. The summed E-state index contributed by atoms with van der Waals surface area (Å²) in [6.07, 6.45) is 2.64. The van der Waals surface area contributed by atoms with Crippen LogP contribution in [-0.4, -0.2) is 53.7 Å². The maximum Gasteiger partial charge on any atom is 0.270 e. The van der Waals surface area contributed by atoms with Crippen LogP contribution in [0.5, 0.6) is 0 Å². The molecule has 2 aliphatic rings. The van der Waals surface area contributed by atoms with Gasteiger partial charge in [-0.05, 0) is 37.8 Å². The van der Waals surface area contributed by atoms with Gasteiger partial charge in [-0.3, -0.25) is 9.59 Å². The van der Waals surface area contributed by atoms with Gasteiger partial charge in [0.15, 0.2) is 0 Å². The molecule has 1 aromatic carbocycles. The van der Waals surface area contributed by atoms with Gasteiger partial charge in [0.2, 0.25) is 0 Å². The zero-order valence-corrected chi connectivity index (χ0v) is 19.2. The van der Waals surface area contributed by atoms with Crippen LogP contribution >= 0.6 is 0 Å². The topological polar surface area (TPSA) is 72.8 Å². The smallest absolute Gasteiger partial charge is 0.270 e. The molecule has 3 heterocycles. The predicted octanol–water partition coefficient (Wildman–Crippen LogP) is 3.54. The van der Waals surface area contributed by atoms with Gasteiger partial charge in [0.1, 0.15) is 5.69 Å². The summed E-state index contributed by atoms with van der Waals surface area (Å²) in [5.41, 5.74) is 2.93. The Balaban J connectivity index is 1.62. The molecule has 7 heteroatoms. The molecule has 172 valence electrons. The van der Waals surface area contributed by atoms with Crippen LogP contribution in [0.3, 0.4) is 0 Å². The molecule has 0 saturated carbocycles. The summed E-state index contributed by atoms with van der Waals surface area (Å²) in [6, 6.07) is 11.7. The van der Waals surface area contributed by atoms with Gasteiger partial charge in [-0.2, -0.15) is 0 Å². The first-order valence-corrected chi connectivity index (χ1v) is 11.5. The molecule has 2 aliphatic heterocycles. The van der Waals surface area contributed by atoms with Crippen molar-refractivity contribution in [3.63, 3.8) is 0 Å². The summed E-state index contributed by atoms with van der Waals surface area (Å²) < 4.78 is 13.1. The Hall–Kier alpha value is -2.64. The highest BCUT2D eigenvalue weighted by Crippen LogP contribution is 2.28. The molecule has 2 aromatic rings. The molecular weight excluding hydrogens is 406 g/mol. The highest BCUT2D eigenvalue weighted by Gasteiger charge is 2.36. The molecule has 0 aliphatic carbocycles. The van der Waals surface area contributed by atoms with Crippen molar-refractivity contribution in [3.05, 3.63) is 58.9 Å². The van der Waals surface area contributed by atoms with E-state index in [2.05, 4.69) is 12.2 Å². The second-order valence-electron chi connectivity index (χ2n) is 8.59. The minimum absolute atomic E-state index is 0.0282. The molecule has 0 bridgehead atoms. The number of hydrogen-bond acceptors (Lipinski definition) is 4. The summed E-state index contributed by atoms with van der Waals surface area (Å²) >= 11 is 0. The van der Waals surface area contributed by atoms with Crippen molar-refractivity contribution in [1.29, 1.82) is 0 Å². The fourth-order valence-corrected chi connectivity index (χ4v) is 4.88. The van der Waals surface area contributed by atoms with Crippen LogP contribution in [0.2, 0.25) is 0 Å². The number of fused-ring (bicyclic) bond motifs is 1. The lowest BCUT2D eigenvalue weighted by Gasteiger charge is -2.29. The number of methoxy groups -OCH3 is 1. The maximum absolute atomic E-state index is 13.6. The highest BCUT2D eigenvalue weighted by atomic mass is 16.5. The lowest BCUT2D eigenvalue weighted by atomic mass is 10.0. The van der Waals surface area contributed by atoms with Crippen molar-refractivity contribution < 1.29 is 19.1 Å². The molecule has 1 N–H and O–H groups in total. The van der Waals surface area contributed by atoms with E-state index in [1.165, 1.54) is 0 Å². The number of benzene rings is 1. The number of hydrogen-bond donors (Lipinski definition) is 1. The fraction of sp³-hybridized carbons (Fsp3) is 0.520. The molecule has 3 atom stereocenters. The molecule has 7 nitrogen and oxygen atoms in total. The number of aromatic nitrogens is 1. The maximum atomic E-state index is 13.6. The van der Waals surface area contributed by atoms with E-state index >= 15 is 0 Å². The normalized spacial score (nSPS) is 20.0. The molecule has 0 spiro atoms. The quantitative estimate of drug-likeness (QED) is 0.716. The Labute approximate surface area is 189 Å². The molecule has 1 aromatic heterocycles. The van der Waals surface area contributed by atoms with Crippen LogP contribution in [0.1, 0.15) is 71.3 Å². The number of likely N-dealkylation sites (tertiary alicyclic amines) is 1. The van der Waals surface area contributed by atoms with Gasteiger partial charge in [-0.15, -0.1) is 0 Å². The second-order valence-corrected chi connectivity index (χ2v) is 8.59. The number of amides is 2. The molecule has 1 saturated heterocycles. The van der Waals surface area contributed by atoms with Gasteiger partial charge in [0.05, 0.1) is 42.7 Å². The Morgan fingerprint density at radius 1 is 1.25 bits per heavy atom. The first-order chi connectivity index (χ1) is 15.5. The van der Waals surface area contributed by atoms with Crippen LogP contribution in [0.4, 0.5) is 0 Å². The van der Waals surface area contributed by atoms with E-state index in [0.717, 1.165) is 30.5 Å². The lowest BCUT2D eigenvalue weighted by molar-refractivity contribution is 0.0340. The van der Waals surface area contributed by atoms with Crippen LogP contribution in [0, 0.1) is 0 Å². The Morgan fingerprint density at radius 3 is 2.75 bits per heavy atom. The van der Waals surface area contributed by atoms with E-state index in [0.29, 0.717) is 37.6 Å². The summed E-state index contributed by atoms with van der Waals surface area (Å²) in [5, 5.41) is 3.15. The third-order valence-corrected chi connectivity index (χ3v) is 6.76. The van der Waals surface area contributed by atoms with E-state index in [4.69, 9.17) is 9.47 Å². The standard InChI is InChI=1S/C25H33N3O4/c1-4-20(18-9-6-5-7-10-18)26-24(29)19-15-22(27-13-14-32-16-23(19)27)25(30)28-12-8-11-21(28)17(2)31-3/h5-7,9-10,15,17,20-21H,4,8,11-14,16H2,1-3H3,(H,26,29). The Kier molecular flexibility index (Phi) is 6.96. The molecule has 3 unspecified atom stereocenters. The zero-order chi connectivity index (χ0) is 22.7. The van der Waals surface area contributed by atoms with E-state index in [9.17, 15) is 9.59 Å². The Morgan fingerprint density at radius 2 is 2.03 bits per heavy atom. The Bertz CT molecular complexity index is 956. The number of rotatable bonds is 7. The number of carbonyl (C=O) groups is 2. The number of nitrogens with one attached hydrogen (secondary N) is 1. The van der Waals surface area contributed by atoms with Gasteiger partial charge in [-0.1, -0.05) is 37.3 Å². The third kappa shape index (κ3) is 4.32. The number of ether oxygens (including phenoxy) is 2. The monoisotopic (exact) mass is 439 g/mol. The average molecular weight is 440 g/mol. The van der Waals surface area contributed by atoms with Gasteiger partial charge < -0.3 is 24.3 Å². The van der Waals surface area contributed by atoms with Gasteiger partial charge in [-0.25, -0.2) is 0 Å². The SMILES string of the molecule is CCC(NC(=O)c1cc(C(=O)N2CCCC2C(C)OC)n2c1COCC2)c1ccccc1. The first kappa shape index (κ1) is 22.6. The number of carbonyl (C=O) groups excluding carboxylic acids is 2. The minimum atomic E-state index is -0.169. The van der Waals surface area contributed by atoms with Crippen LogP contribution in [0.25, 0.3) is 0 Å². The van der Waals surface area contributed by atoms with Crippen molar-refractivity contribution in [2.45, 2.75) is 64.4 Å². The molecule has 4 rings (SSSR count). The zero-order valence-electron chi connectivity index (χ0n) is 19.2. The molecule has 0 radical (unpaired) electrons. The summed E-state index contributed by atoms with van der Waals surface area (Å²) in [7, 11) is 1.68. The largest absolute Gasteiger partial charge is 0.380 e. The van der Waals surface area contributed by atoms with Crippen LogP contribution in [-0.2, 0) is 22.6 Å². The van der Waals surface area contributed by atoms with Crippen molar-refractivity contribution in [1.82, 2.24) is 14.8 Å². The molecular formula is C25H33N3O4. The van der Waals surface area contributed by atoms with E-state index in [1.54, 1.807) is 13.2 Å².